The first-order valence-corrected chi connectivity index (χ1v) is 6.88. The standard InChI is InChI=1S/C17H16N2O2/c20-15-10-13-5-1-2-6-14(13)17(15)19-16(21)8-7-12-4-3-9-18-11-12/h1-9,11,15,17,20H,10H2,(H,19,21)/b8-7+. The van der Waals surface area contributed by atoms with Crippen molar-refractivity contribution in [2.24, 2.45) is 0 Å². The maximum absolute atomic E-state index is 12.0. The van der Waals surface area contributed by atoms with Gasteiger partial charge in [-0.3, -0.25) is 9.78 Å². The van der Waals surface area contributed by atoms with Crippen LogP contribution in [0.1, 0.15) is 22.7 Å². The number of nitrogens with zero attached hydrogens (tertiary/aromatic N) is 1. The number of hydrogen-bond acceptors (Lipinski definition) is 3. The normalized spacial score (nSPS) is 20.4. The second-order valence-electron chi connectivity index (χ2n) is 5.08. The highest BCUT2D eigenvalue weighted by atomic mass is 16.3. The fraction of sp³-hybridized carbons (Fsp3) is 0.176. The number of aliphatic hydroxyl groups is 1. The zero-order valence-corrected chi connectivity index (χ0v) is 11.4. The van der Waals surface area contributed by atoms with E-state index in [0.717, 1.165) is 16.7 Å². The third-order valence-corrected chi connectivity index (χ3v) is 3.61. The summed E-state index contributed by atoms with van der Waals surface area (Å²) in [5.41, 5.74) is 2.94. The number of amides is 1. The molecule has 0 radical (unpaired) electrons. The number of carbonyl (C=O) groups is 1. The molecule has 1 aromatic heterocycles. The van der Waals surface area contributed by atoms with E-state index in [1.807, 2.05) is 36.4 Å². The maximum Gasteiger partial charge on any atom is 0.244 e. The van der Waals surface area contributed by atoms with Gasteiger partial charge in [0.05, 0.1) is 12.1 Å². The minimum atomic E-state index is -0.571. The molecule has 1 heterocycles. The molecule has 2 unspecified atom stereocenters. The van der Waals surface area contributed by atoms with Crippen LogP contribution < -0.4 is 5.32 Å². The lowest BCUT2D eigenvalue weighted by Crippen LogP contribution is -2.32. The van der Waals surface area contributed by atoms with Gasteiger partial charge < -0.3 is 10.4 Å². The number of carbonyl (C=O) groups excluding carboxylic acids is 1. The molecule has 1 aliphatic rings. The van der Waals surface area contributed by atoms with Gasteiger partial charge >= 0.3 is 0 Å². The largest absolute Gasteiger partial charge is 0.390 e. The van der Waals surface area contributed by atoms with Gasteiger partial charge in [0.25, 0.3) is 0 Å². The highest BCUT2D eigenvalue weighted by Gasteiger charge is 2.31. The van der Waals surface area contributed by atoms with Gasteiger partial charge in [-0.2, -0.15) is 0 Å². The predicted molar refractivity (Wildman–Crippen MR) is 80.3 cm³/mol. The lowest BCUT2D eigenvalue weighted by molar-refractivity contribution is -0.117. The van der Waals surface area contributed by atoms with Crippen molar-refractivity contribution in [1.82, 2.24) is 10.3 Å². The summed E-state index contributed by atoms with van der Waals surface area (Å²) in [6.07, 6.45) is 6.54. The number of hydrogen-bond donors (Lipinski definition) is 2. The number of fused-ring (bicyclic) bond motifs is 1. The molecule has 0 saturated heterocycles. The van der Waals surface area contributed by atoms with Gasteiger partial charge in [-0.1, -0.05) is 30.3 Å². The second-order valence-corrected chi connectivity index (χ2v) is 5.08. The van der Waals surface area contributed by atoms with Crippen LogP contribution in [-0.4, -0.2) is 22.1 Å². The van der Waals surface area contributed by atoms with Crippen LogP contribution in [0.2, 0.25) is 0 Å². The lowest BCUT2D eigenvalue weighted by Gasteiger charge is -2.16. The summed E-state index contributed by atoms with van der Waals surface area (Å²) in [5.74, 6) is -0.223. The molecular weight excluding hydrogens is 264 g/mol. The van der Waals surface area contributed by atoms with Gasteiger partial charge in [-0.25, -0.2) is 0 Å². The zero-order valence-electron chi connectivity index (χ0n) is 11.4. The van der Waals surface area contributed by atoms with Crippen molar-refractivity contribution in [3.63, 3.8) is 0 Å². The smallest absolute Gasteiger partial charge is 0.244 e. The molecule has 1 aromatic carbocycles. The van der Waals surface area contributed by atoms with Crippen LogP contribution in [0.25, 0.3) is 6.08 Å². The summed E-state index contributed by atoms with van der Waals surface area (Å²) in [7, 11) is 0. The molecule has 21 heavy (non-hydrogen) atoms. The van der Waals surface area contributed by atoms with E-state index in [-0.39, 0.29) is 11.9 Å². The summed E-state index contributed by atoms with van der Waals surface area (Å²) in [4.78, 5) is 16.0. The van der Waals surface area contributed by atoms with E-state index >= 15 is 0 Å². The number of rotatable bonds is 3. The van der Waals surface area contributed by atoms with Gasteiger partial charge in [-0.15, -0.1) is 0 Å². The quantitative estimate of drug-likeness (QED) is 0.844. The highest BCUT2D eigenvalue weighted by molar-refractivity contribution is 5.92. The van der Waals surface area contributed by atoms with Crippen LogP contribution in [0.15, 0.2) is 54.9 Å². The minimum absolute atomic E-state index is 0.223. The Balaban J connectivity index is 1.69. The molecule has 3 rings (SSSR count). The van der Waals surface area contributed by atoms with Crippen molar-refractivity contribution in [3.05, 3.63) is 71.6 Å². The molecule has 0 aliphatic heterocycles. The molecule has 0 bridgehead atoms. The first-order valence-electron chi connectivity index (χ1n) is 6.88. The van der Waals surface area contributed by atoms with Crippen LogP contribution in [0.3, 0.4) is 0 Å². The summed E-state index contributed by atoms with van der Waals surface area (Å²) >= 11 is 0. The SMILES string of the molecule is O=C(/C=C/c1cccnc1)NC1c2ccccc2CC1O. The third-order valence-electron chi connectivity index (χ3n) is 3.61. The summed E-state index contributed by atoms with van der Waals surface area (Å²) < 4.78 is 0. The van der Waals surface area contributed by atoms with E-state index in [2.05, 4.69) is 10.3 Å². The Labute approximate surface area is 123 Å². The average molecular weight is 280 g/mol. The van der Waals surface area contributed by atoms with Crippen LogP contribution in [0.4, 0.5) is 0 Å². The number of nitrogens with one attached hydrogen (secondary N) is 1. The van der Waals surface area contributed by atoms with Gasteiger partial charge in [0.15, 0.2) is 0 Å². The lowest BCUT2D eigenvalue weighted by atomic mass is 10.1. The van der Waals surface area contributed by atoms with Crippen LogP contribution in [-0.2, 0) is 11.2 Å². The van der Waals surface area contributed by atoms with Gasteiger partial charge in [0.1, 0.15) is 0 Å². The van der Waals surface area contributed by atoms with Gasteiger partial charge in [0, 0.05) is 24.9 Å². The molecule has 2 aromatic rings. The Morgan fingerprint density at radius 2 is 2.14 bits per heavy atom. The number of aromatic nitrogens is 1. The highest BCUT2D eigenvalue weighted by Crippen LogP contribution is 2.31. The minimum Gasteiger partial charge on any atom is -0.390 e. The Hall–Kier alpha value is -2.46. The van der Waals surface area contributed by atoms with Gasteiger partial charge in [-0.05, 0) is 28.8 Å². The zero-order chi connectivity index (χ0) is 14.7. The Bertz CT molecular complexity index is 668. The summed E-state index contributed by atoms with van der Waals surface area (Å²) in [6, 6.07) is 11.1. The van der Waals surface area contributed by atoms with E-state index in [1.165, 1.54) is 6.08 Å². The summed E-state index contributed by atoms with van der Waals surface area (Å²) in [5, 5.41) is 13.0. The van der Waals surface area contributed by atoms with E-state index in [0.29, 0.717) is 6.42 Å². The summed E-state index contributed by atoms with van der Waals surface area (Å²) in [6.45, 7) is 0. The average Bonchev–Trinajstić information content (AvgIpc) is 2.82. The van der Waals surface area contributed by atoms with Crippen molar-refractivity contribution in [2.75, 3.05) is 0 Å². The molecule has 1 aliphatic carbocycles. The topological polar surface area (TPSA) is 62.2 Å². The molecule has 4 nitrogen and oxygen atoms in total. The van der Waals surface area contributed by atoms with Gasteiger partial charge in [0.2, 0.25) is 5.91 Å². The van der Waals surface area contributed by atoms with E-state index in [9.17, 15) is 9.90 Å². The van der Waals surface area contributed by atoms with Crippen molar-refractivity contribution < 1.29 is 9.90 Å². The second kappa shape index (κ2) is 5.89. The molecule has 2 N–H and O–H groups in total. The molecule has 106 valence electrons. The monoisotopic (exact) mass is 280 g/mol. The van der Waals surface area contributed by atoms with E-state index in [4.69, 9.17) is 0 Å². The number of benzene rings is 1. The van der Waals surface area contributed by atoms with E-state index in [1.54, 1.807) is 18.5 Å². The molecular formula is C17H16N2O2. The van der Waals surface area contributed by atoms with Crippen molar-refractivity contribution in [1.29, 1.82) is 0 Å². The fourth-order valence-corrected chi connectivity index (χ4v) is 2.60. The molecule has 4 heteroatoms. The number of aliphatic hydroxyl groups excluding tert-OH is 1. The van der Waals surface area contributed by atoms with Crippen molar-refractivity contribution >= 4 is 12.0 Å². The molecule has 0 spiro atoms. The van der Waals surface area contributed by atoms with Crippen LogP contribution >= 0.6 is 0 Å². The fourth-order valence-electron chi connectivity index (χ4n) is 2.60. The first kappa shape index (κ1) is 13.5. The van der Waals surface area contributed by atoms with Crippen LogP contribution in [0, 0.1) is 0 Å². The Morgan fingerprint density at radius 3 is 2.95 bits per heavy atom. The predicted octanol–water partition coefficient (Wildman–Crippen LogP) is 1.87. The van der Waals surface area contributed by atoms with Crippen LogP contribution in [0.5, 0.6) is 0 Å². The first-order chi connectivity index (χ1) is 10.2. The Morgan fingerprint density at radius 1 is 1.29 bits per heavy atom. The van der Waals surface area contributed by atoms with Crippen molar-refractivity contribution in [2.45, 2.75) is 18.6 Å². The maximum atomic E-state index is 12.0. The molecule has 0 saturated carbocycles. The van der Waals surface area contributed by atoms with E-state index < -0.39 is 6.10 Å². The third kappa shape index (κ3) is 3.01. The molecule has 1 amide bonds. The molecule has 0 fully saturated rings. The number of pyridine rings is 1. The Kier molecular flexibility index (Phi) is 3.79. The van der Waals surface area contributed by atoms with Crippen molar-refractivity contribution in [3.8, 4) is 0 Å². The molecule has 2 atom stereocenters.